The van der Waals surface area contributed by atoms with E-state index in [9.17, 15) is 8.42 Å². The van der Waals surface area contributed by atoms with Crippen molar-refractivity contribution in [1.82, 2.24) is 28.5 Å². The van der Waals surface area contributed by atoms with E-state index in [4.69, 9.17) is 21.8 Å². The molecule has 1 aliphatic heterocycles. The smallest absolute Gasteiger partial charge is 0.248 e. The molecule has 0 saturated carbocycles. The summed E-state index contributed by atoms with van der Waals surface area (Å²) in [6.45, 7) is 6.02. The molecule has 3 aromatic heterocycles. The molecule has 1 fully saturated rings. The van der Waals surface area contributed by atoms with Crippen LogP contribution in [0.5, 0.6) is 0 Å². The molecule has 0 atom stereocenters. The predicted octanol–water partition coefficient (Wildman–Crippen LogP) is 3.04. The van der Waals surface area contributed by atoms with Gasteiger partial charge in [-0.05, 0) is 44.6 Å². The normalized spacial score (nSPS) is 17.0. The first-order chi connectivity index (χ1) is 14.9. The highest BCUT2D eigenvalue weighted by atomic mass is 32.2. The van der Waals surface area contributed by atoms with Crippen LogP contribution in [0, 0.1) is 18.6 Å². The average Bonchev–Trinajstić information content (AvgIpc) is 3.28. The van der Waals surface area contributed by atoms with E-state index in [0.29, 0.717) is 42.5 Å². The van der Waals surface area contributed by atoms with E-state index in [0.717, 1.165) is 28.1 Å². The lowest BCUT2D eigenvalue weighted by Gasteiger charge is -2.21. The number of hydrogen-bond acceptors (Lipinski definition) is 8. The lowest BCUT2D eigenvalue weighted by atomic mass is 10.3. The third-order valence-corrected chi connectivity index (χ3v) is 9.11. The van der Waals surface area contributed by atoms with E-state index in [-0.39, 0.29) is 4.90 Å². The van der Waals surface area contributed by atoms with Crippen molar-refractivity contribution in [3.8, 4) is 0 Å². The van der Waals surface area contributed by atoms with E-state index in [1.807, 2.05) is 27.3 Å². The van der Waals surface area contributed by atoms with Crippen molar-refractivity contribution in [1.29, 1.82) is 0 Å². The summed E-state index contributed by atoms with van der Waals surface area (Å²) in [5, 5.41) is 8.51. The van der Waals surface area contributed by atoms with Gasteiger partial charge < -0.3 is 4.52 Å². The second kappa shape index (κ2) is 7.78. The van der Waals surface area contributed by atoms with Gasteiger partial charge in [0, 0.05) is 26.2 Å². The molecule has 0 aliphatic carbocycles. The van der Waals surface area contributed by atoms with Gasteiger partial charge in [0.2, 0.25) is 19.8 Å². The molecule has 31 heavy (non-hydrogen) atoms. The van der Waals surface area contributed by atoms with Crippen LogP contribution in [0.3, 0.4) is 0 Å². The maximum atomic E-state index is 13.1. The van der Waals surface area contributed by atoms with Crippen LogP contribution in [0.4, 0.5) is 0 Å². The number of nitrogens with zero attached hydrogens (tertiary/aromatic N) is 6. The van der Waals surface area contributed by atoms with Crippen LogP contribution >= 0.6 is 23.6 Å². The Morgan fingerprint density at radius 1 is 1.16 bits per heavy atom. The highest BCUT2D eigenvalue weighted by molar-refractivity contribution is 7.89. The molecule has 5 rings (SSSR count). The first-order valence-corrected chi connectivity index (χ1v) is 12.7. The Balaban J connectivity index is 1.36. The molecule has 1 aliphatic rings. The predicted molar refractivity (Wildman–Crippen MR) is 120 cm³/mol. The Morgan fingerprint density at radius 3 is 2.74 bits per heavy atom. The average molecular weight is 479 g/mol. The maximum Gasteiger partial charge on any atom is 0.248 e. The molecule has 0 N–H and O–H groups in total. The minimum absolute atomic E-state index is 0.185. The highest BCUT2D eigenvalue weighted by Crippen LogP contribution is 2.26. The molecule has 1 aromatic carbocycles. The Hall–Kier alpha value is -2.12. The van der Waals surface area contributed by atoms with Crippen LogP contribution in [-0.4, -0.2) is 63.1 Å². The monoisotopic (exact) mass is 478 g/mol. The highest BCUT2D eigenvalue weighted by Gasteiger charge is 2.32. The fourth-order valence-electron chi connectivity index (χ4n) is 4.07. The number of hydrogen-bond donors (Lipinski definition) is 0. The van der Waals surface area contributed by atoms with Gasteiger partial charge >= 0.3 is 0 Å². The van der Waals surface area contributed by atoms with Crippen LogP contribution in [0.2, 0.25) is 0 Å². The maximum absolute atomic E-state index is 13.1. The Morgan fingerprint density at radius 2 is 1.97 bits per heavy atom. The number of rotatable bonds is 4. The number of para-hydroxylation sites is 1. The van der Waals surface area contributed by atoms with Crippen molar-refractivity contribution in [2.24, 2.45) is 0 Å². The zero-order valence-corrected chi connectivity index (χ0v) is 19.6. The fraction of sp³-hybridized carbons (Fsp3) is 0.421. The molecule has 1 saturated heterocycles. The molecule has 164 valence electrons. The first kappa shape index (κ1) is 20.8. The molecule has 4 aromatic rings. The minimum Gasteiger partial charge on any atom is -0.360 e. The van der Waals surface area contributed by atoms with Crippen LogP contribution in [0.1, 0.15) is 17.9 Å². The number of benzene rings is 1. The topological polar surface area (TPSA) is 88.9 Å². The molecule has 12 heteroatoms. The third-order valence-electron chi connectivity index (χ3n) is 5.56. The zero-order chi connectivity index (χ0) is 21.8. The van der Waals surface area contributed by atoms with Gasteiger partial charge in [-0.15, -0.1) is 5.10 Å². The van der Waals surface area contributed by atoms with Crippen molar-refractivity contribution < 1.29 is 12.9 Å². The molecule has 9 nitrogen and oxygen atoms in total. The Bertz CT molecular complexity index is 1410. The zero-order valence-electron chi connectivity index (χ0n) is 17.2. The van der Waals surface area contributed by atoms with Gasteiger partial charge in [0.15, 0.2) is 5.76 Å². The van der Waals surface area contributed by atoms with Crippen LogP contribution in [0.25, 0.3) is 15.2 Å². The number of aryl methyl sites for hydroxylation is 2. The summed E-state index contributed by atoms with van der Waals surface area (Å²) in [6, 6.07) is 8.12. The molecular formula is C19H22N6O3S3. The standard InChI is InChI=1S/C19H22N6O3S3/c1-13-17(14(2)28-21-13)31(26,27)23-9-5-8-22(10-11-23)12-24-19(29)25-15-6-3-4-7-16(15)30-18(25)20-24/h3-4,6-7H,5,8-12H2,1-2H3. The van der Waals surface area contributed by atoms with Gasteiger partial charge in [-0.2, -0.15) is 4.31 Å². The van der Waals surface area contributed by atoms with Crippen molar-refractivity contribution >= 4 is 48.8 Å². The second-order valence-corrected chi connectivity index (χ2v) is 10.9. The van der Waals surface area contributed by atoms with Crippen LogP contribution in [0.15, 0.2) is 33.7 Å². The van der Waals surface area contributed by atoms with Crippen molar-refractivity contribution in [2.45, 2.75) is 31.8 Å². The van der Waals surface area contributed by atoms with Crippen molar-refractivity contribution in [3.05, 3.63) is 40.5 Å². The van der Waals surface area contributed by atoms with Gasteiger partial charge in [-0.1, -0.05) is 28.6 Å². The molecule has 0 amide bonds. The largest absolute Gasteiger partial charge is 0.360 e. The van der Waals surface area contributed by atoms with Crippen molar-refractivity contribution in [2.75, 3.05) is 26.2 Å². The van der Waals surface area contributed by atoms with E-state index >= 15 is 0 Å². The summed E-state index contributed by atoms with van der Waals surface area (Å²) in [7, 11) is -3.64. The number of sulfonamides is 1. The number of fused-ring (bicyclic) bond motifs is 3. The third kappa shape index (κ3) is 3.52. The number of thiazole rings is 1. The molecule has 0 bridgehead atoms. The number of aromatic nitrogens is 4. The van der Waals surface area contributed by atoms with E-state index < -0.39 is 10.0 Å². The van der Waals surface area contributed by atoms with E-state index in [1.54, 1.807) is 25.2 Å². The Kier molecular flexibility index (Phi) is 5.21. The van der Waals surface area contributed by atoms with Gasteiger partial charge in [0.1, 0.15) is 10.6 Å². The summed E-state index contributed by atoms with van der Waals surface area (Å²) in [4.78, 5) is 3.24. The summed E-state index contributed by atoms with van der Waals surface area (Å²) in [5.41, 5.74) is 1.46. The second-order valence-electron chi connectivity index (χ2n) is 7.64. The molecule has 0 unspecified atom stereocenters. The molecular weight excluding hydrogens is 456 g/mol. The van der Waals surface area contributed by atoms with E-state index in [1.165, 1.54) is 4.31 Å². The summed E-state index contributed by atoms with van der Waals surface area (Å²) in [6.07, 6.45) is 0.723. The van der Waals surface area contributed by atoms with Gasteiger partial charge in [-0.25, -0.2) is 13.1 Å². The van der Waals surface area contributed by atoms with Crippen LogP contribution in [-0.2, 0) is 16.7 Å². The molecule has 4 heterocycles. The van der Waals surface area contributed by atoms with Gasteiger partial charge in [-0.3, -0.25) is 9.30 Å². The van der Waals surface area contributed by atoms with E-state index in [2.05, 4.69) is 16.1 Å². The van der Waals surface area contributed by atoms with Gasteiger partial charge in [0.05, 0.1) is 16.9 Å². The Labute approximate surface area is 188 Å². The van der Waals surface area contributed by atoms with Crippen LogP contribution < -0.4 is 0 Å². The first-order valence-electron chi connectivity index (χ1n) is 9.99. The lowest BCUT2D eigenvalue weighted by Crippen LogP contribution is -2.36. The lowest BCUT2D eigenvalue weighted by molar-refractivity contribution is 0.216. The fourth-order valence-corrected chi connectivity index (χ4v) is 7.19. The summed E-state index contributed by atoms with van der Waals surface area (Å²) in [5.74, 6) is 0.329. The van der Waals surface area contributed by atoms with Crippen molar-refractivity contribution in [3.63, 3.8) is 0 Å². The summed E-state index contributed by atoms with van der Waals surface area (Å²) < 4.78 is 38.5. The SMILES string of the molecule is Cc1noc(C)c1S(=O)(=O)N1CCCN(Cn2nc3sc4ccccc4n3c2=S)CC1. The van der Waals surface area contributed by atoms with Gasteiger partial charge in [0.25, 0.3) is 0 Å². The quantitative estimate of drug-likeness (QED) is 0.417. The summed E-state index contributed by atoms with van der Waals surface area (Å²) >= 11 is 7.31. The molecule has 0 spiro atoms. The minimum atomic E-state index is -3.64. The molecule has 0 radical (unpaired) electrons.